The highest BCUT2D eigenvalue weighted by molar-refractivity contribution is 9.11. The Hall–Kier alpha value is -0.120. The zero-order valence-electron chi connectivity index (χ0n) is 12.4. The molecule has 0 bridgehead atoms. The van der Waals surface area contributed by atoms with E-state index in [1.807, 2.05) is 24.3 Å². The Bertz CT molecular complexity index is 614. The van der Waals surface area contributed by atoms with Crippen LogP contribution in [0.5, 0.6) is 11.5 Å². The van der Waals surface area contributed by atoms with E-state index in [1.54, 1.807) is 0 Å². The molecule has 2 aromatic carbocycles. The van der Waals surface area contributed by atoms with E-state index < -0.39 is 0 Å². The van der Waals surface area contributed by atoms with Crippen molar-refractivity contribution in [3.63, 3.8) is 0 Å². The Balaban J connectivity index is 2.38. The number of hydrogen-bond donors (Lipinski definition) is 2. The van der Waals surface area contributed by atoms with E-state index in [0.29, 0.717) is 11.5 Å². The summed E-state index contributed by atoms with van der Waals surface area (Å²) in [6.07, 6.45) is 0. The molecule has 0 amide bonds. The van der Waals surface area contributed by atoms with Gasteiger partial charge in [-0.05, 0) is 99.1 Å². The normalized spacial score (nSPS) is 10.8. The lowest BCUT2D eigenvalue weighted by molar-refractivity contribution is 0.200. The average molecular weight is 590 g/mol. The molecule has 4 nitrogen and oxygen atoms in total. The van der Waals surface area contributed by atoms with E-state index >= 15 is 0 Å². The van der Waals surface area contributed by atoms with Crippen LogP contribution in [0, 0.1) is 0 Å². The van der Waals surface area contributed by atoms with Gasteiger partial charge in [0.05, 0.1) is 31.1 Å². The van der Waals surface area contributed by atoms with Crippen molar-refractivity contribution in [3.8, 4) is 22.6 Å². The number of rotatable bonds is 7. The number of benzene rings is 2. The zero-order valence-corrected chi connectivity index (χ0v) is 18.7. The van der Waals surface area contributed by atoms with Crippen LogP contribution >= 0.6 is 63.7 Å². The molecule has 0 aliphatic heterocycles. The Kier molecular flexibility index (Phi) is 8.03. The van der Waals surface area contributed by atoms with E-state index in [9.17, 15) is 0 Å². The summed E-state index contributed by atoms with van der Waals surface area (Å²) in [5, 5.41) is 17.8. The number of ether oxygens (including phenoxy) is 2. The maximum Gasteiger partial charge on any atom is 0.147 e. The summed E-state index contributed by atoms with van der Waals surface area (Å²) in [5.74, 6) is 1.29. The van der Waals surface area contributed by atoms with Crippen LogP contribution in [0.4, 0.5) is 0 Å². The van der Waals surface area contributed by atoms with Crippen LogP contribution in [0.25, 0.3) is 11.1 Å². The fraction of sp³-hybridized carbons (Fsp3) is 0.250. The molecule has 2 N–H and O–H groups in total. The molecule has 8 heteroatoms. The first-order valence-corrected chi connectivity index (χ1v) is 10.1. The van der Waals surface area contributed by atoms with Crippen LogP contribution in [0.2, 0.25) is 0 Å². The Morgan fingerprint density at radius 2 is 0.917 bits per heavy atom. The monoisotopic (exact) mass is 586 g/mol. The van der Waals surface area contributed by atoms with Gasteiger partial charge in [-0.2, -0.15) is 0 Å². The minimum Gasteiger partial charge on any atom is -0.489 e. The van der Waals surface area contributed by atoms with Crippen LogP contribution in [-0.2, 0) is 0 Å². The lowest BCUT2D eigenvalue weighted by Gasteiger charge is -2.14. The summed E-state index contributed by atoms with van der Waals surface area (Å²) in [5.41, 5.74) is 1.94. The summed E-state index contributed by atoms with van der Waals surface area (Å²) >= 11 is 14.0. The summed E-state index contributed by atoms with van der Waals surface area (Å²) in [4.78, 5) is 0. The Morgan fingerprint density at radius 1 is 0.625 bits per heavy atom. The van der Waals surface area contributed by atoms with Gasteiger partial charge in [0.15, 0.2) is 0 Å². The molecule has 0 atom stereocenters. The van der Waals surface area contributed by atoms with Crippen molar-refractivity contribution in [1.29, 1.82) is 0 Å². The van der Waals surface area contributed by atoms with Gasteiger partial charge in [-0.25, -0.2) is 0 Å². The molecule has 2 aromatic rings. The predicted octanol–water partition coefficient (Wildman–Crippen LogP) is 5.15. The van der Waals surface area contributed by atoms with Crippen LogP contribution < -0.4 is 9.47 Å². The first-order chi connectivity index (χ1) is 11.5. The average Bonchev–Trinajstić information content (AvgIpc) is 2.53. The molecule has 2 rings (SSSR count). The number of hydrogen-bond acceptors (Lipinski definition) is 4. The van der Waals surface area contributed by atoms with Gasteiger partial charge >= 0.3 is 0 Å². The SMILES string of the molecule is OCCOc1c(Br)cc(-c2cc(Br)c(OCCO)c(Br)c2)cc1Br. The van der Waals surface area contributed by atoms with Crippen LogP contribution in [0.15, 0.2) is 42.2 Å². The van der Waals surface area contributed by atoms with Crippen LogP contribution in [-0.4, -0.2) is 36.6 Å². The summed E-state index contributed by atoms with van der Waals surface area (Å²) in [6, 6.07) is 7.78. The second kappa shape index (κ2) is 9.54. The van der Waals surface area contributed by atoms with Crippen LogP contribution in [0.1, 0.15) is 0 Å². The van der Waals surface area contributed by atoms with Gasteiger partial charge in [0.25, 0.3) is 0 Å². The van der Waals surface area contributed by atoms with Gasteiger partial charge in [-0.3, -0.25) is 0 Å². The van der Waals surface area contributed by atoms with E-state index in [0.717, 1.165) is 29.0 Å². The molecular formula is C16H14Br4O4. The maximum absolute atomic E-state index is 8.90. The molecule has 0 saturated carbocycles. The summed E-state index contributed by atoms with van der Waals surface area (Å²) in [6.45, 7) is 0.362. The zero-order chi connectivity index (χ0) is 17.7. The molecule has 0 aromatic heterocycles. The van der Waals surface area contributed by atoms with Gasteiger partial charge in [-0.1, -0.05) is 0 Å². The molecule has 0 heterocycles. The largest absolute Gasteiger partial charge is 0.489 e. The van der Waals surface area contributed by atoms with Gasteiger partial charge in [0, 0.05) is 0 Å². The lowest BCUT2D eigenvalue weighted by Crippen LogP contribution is -2.03. The topological polar surface area (TPSA) is 58.9 Å². The third-order valence-corrected chi connectivity index (χ3v) is 5.36. The lowest BCUT2D eigenvalue weighted by atomic mass is 10.1. The smallest absolute Gasteiger partial charge is 0.147 e. The quantitative estimate of drug-likeness (QED) is 0.469. The highest BCUT2D eigenvalue weighted by Gasteiger charge is 2.14. The molecular weight excluding hydrogens is 576 g/mol. The minimum absolute atomic E-state index is 0.0458. The van der Waals surface area contributed by atoms with E-state index in [2.05, 4.69) is 63.7 Å². The van der Waals surface area contributed by atoms with Crippen molar-refractivity contribution in [2.75, 3.05) is 26.4 Å². The van der Waals surface area contributed by atoms with Gasteiger partial charge < -0.3 is 19.7 Å². The van der Waals surface area contributed by atoms with E-state index in [1.165, 1.54) is 0 Å². The second-order valence-corrected chi connectivity index (χ2v) is 8.10. The third-order valence-electron chi connectivity index (χ3n) is 3.01. The molecule has 0 saturated heterocycles. The van der Waals surface area contributed by atoms with E-state index in [-0.39, 0.29) is 26.4 Å². The molecule has 130 valence electrons. The molecule has 0 fully saturated rings. The molecule has 0 aliphatic rings. The second-order valence-electron chi connectivity index (χ2n) is 4.68. The highest BCUT2D eigenvalue weighted by Crippen LogP contribution is 2.42. The fourth-order valence-corrected chi connectivity index (χ4v) is 4.86. The first kappa shape index (κ1) is 20.2. The van der Waals surface area contributed by atoms with Crippen molar-refractivity contribution in [1.82, 2.24) is 0 Å². The maximum atomic E-state index is 8.90. The first-order valence-electron chi connectivity index (χ1n) is 6.93. The molecule has 0 radical (unpaired) electrons. The molecule has 0 aliphatic carbocycles. The third kappa shape index (κ3) is 4.95. The number of aliphatic hydroxyl groups is 2. The van der Waals surface area contributed by atoms with Gasteiger partial charge in [0.2, 0.25) is 0 Å². The predicted molar refractivity (Wildman–Crippen MR) is 108 cm³/mol. The molecule has 0 unspecified atom stereocenters. The number of halogens is 4. The standard InChI is InChI=1S/C16H14Br4O4/c17-11-5-9(6-12(18)15(11)23-3-1-21)10-7-13(19)16(14(20)8-10)24-4-2-22/h5-8,21-22H,1-4H2. The Labute approximate surface area is 173 Å². The number of aliphatic hydroxyl groups excluding tert-OH is 2. The van der Waals surface area contributed by atoms with Gasteiger partial charge in [-0.15, -0.1) is 0 Å². The highest BCUT2D eigenvalue weighted by atomic mass is 79.9. The van der Waals surface area contributed by atoms with Crippen molar-refractivity contribution < 1.29 is 19.7 Å². The summed E-state index contributed by atoms with van der Waals surface area (Å²) in [7, 11) is 0. The molecule has 0 spiro atoms. The van der Waals surface area contributed by atoms with E-state index in [4.69, 9.17) is 19.7 Å². The fourth-order valence-electron chi connectivity index (χ4n) is 2.02. The van der Waals surface area contributed by atoms with Crippen molar-refractivity contribution in [2.45, 2.75) is 0 Å². The minimum atomic E-state index is -0.0458. The van der Waals surface area contributed by atoms with Crippen LogP contribution in [0.3, 0.4) is 0 Å². The summed E-state index contributed by atoms with van der Waals surface area (Å²) < 4.78 is 14.2. The molecule has 24 heavy (non-hydrogen) atoms. The van der Waals surface area contributed by atoms with Crippen molar-refractivity contribution >= 4 is 63.7 Å². The van der Waals surface area contributed by atoms with Crippen molar-refractivity contribution in [2.24, 2.45) is 0 Å². The van der Waals surface area contributed by atoms with Gasteiger partial charge in [0.1, 0.15) is 24.7 Å². The Morgan fingerprint density at radius 3 is 1.17 bits per heavy atom. The van der Waals surface area contributed by atoms with Crippen molar-refractivity contribution in [3.05, 3.63) is 42.2 Å².